The van der Waals surface area contributed by atoms with Crippen LogP contribution in [-0.4, -0.2) is 19.7 Å². The Balaban J connectivity index is 2.14. The number of hydrazone groups is 1. The molecule has 8 heteroatoms. The lowest BCUT2D eigenvalue weighted by molar-refractivity contribution is 0.475. The summed E-state index contributed by atoms with van der Waals surface area (Å²) in [5, 5.41) is 13.2. The predicted octanol–water partition coefficient (Wildman–Crippen LogP) is 3.01. The summed E-state index contributed by atoms with van der Waals surface area (Å²) in [5.41, 5.74) is 0.629. The molecule has 0 saturated carbocycles. The summed E-state index contributed by atoms with van der Waals surface area (Å²) in [6, 6.07) is 10.1. The van der Waals surface area contributed by atoms with Crippen molar-refractivity contribution in [2.24, 2.45) is 5.10 Å². The molecule has 0 saturated heterocycles. The molecule has 0 amide bonds. The van der Waals surface area contributed by atoms with Crippen LogP contribution in [0.15, 0.2) is 52.5 Å². The molecule has 0 unspecified atom stereocenters. The van der Waals surface area contributed by atoms with Gasteiger partial charge in [-0.15, -0.1) is 0 Å². The van der Waals surface area contributed by atoms with E-state index >= 15 is 0 Å². The second kappa shape index (κ2) is 6.34. The molecule has 2 aromatic carbocycles. The highest BCUT2D eigenvalue weighted by Gasteiger charge is 2.14. The topological polar surface area (TPSA) is 78.8 Å². The largest absolute Gasteiger partial charge is 0.508 e. The number of sulfonamides is 1. The van der Waals surface area contributed by atoms with Crippen LogP contribution in [0.3, 0.4) is 0 Å². The van der Waals surface area contributed by atoms with Gasteiger partial charge >= 0.3 is 0 Å². The number of nitrogens with one attached hydrogen (secondary N) is 1. The Morgan fingerprint density at radius 1 is 1.05 bits per heavy atom. The van der Waals surface area contributed by atoms with Crippen LogP contribution < -0.4 is 4.83 Å². The highest BCUT2D eigenvalue weighted by atomic mass is 35.5. The number of nitrogens with zero attached hydrogens (tertiary/aromatic N) is 1. The fourth-order valence-electron chi connectivity index (χ4n) is 1.43. The van der Waals surface area contributed by atoms with Crippen LogP contribution >= 0.6 is 23.2 Å². The molecule has 0 radical (unpaired) electrons. The smallest absolute Gasteiger partial charge is 0.276 e. The minimum Gasteiger partial charge on any atom is -0.508 e. The summed E-state index contributed by atoms with van der Waals surface area (Å²) in [7, 11) is -3.82. The molecule has 0 aliphatic rings. The molecule has 110 valence electrons. The molecule has 0 atom stereocenters. The number of aromatic hydroxyl groups is 1. The molecular formula is C13H10Cl2N2O3S. The maximum atomic E-state index is 12.0. The molecule has 0 aromatic heterocycles. The van der Waals surface area contributed by atoms with Crippen LogP contribution in [0.1, 0.15) is 5.56 Å². The van der Waals surface area contributed by atoms with Gasteiger partial charge in [-0.2, -0.15) is 13.5 Å². The molecule has 2 rings (SSSR count). The molecule has 2 N–H and O–H groups in total. The third-order valence-electron chi connectivity index (χ3n) is 2.48. The first kappa shape index (κ1) is 15.6. The van der Waals surface area contributed by atoms with Crippen LogP contribution in [-0.2, 0) is 10.0 Å². The molecule has 0 aliphatic carbocycles. The van der Waals surface area contributed by atoms with Gasteiger partial charge in [0, 0.05) is 0 Å². The van der Waals surface area contributed by atoms with E-state index < -0.39 is 10.0 Å². The molecule has 0 aliphatic heterocycles. The summed E-state index contributed by atoms with van der Waals surface area (Å²) in [6.45, 7) is 0. The fourth-order valence-corrected chi connectivity index (χ4v) is 2.61. The normalized spacial score (nSPS) is 11.7. The number of benzene rings is 2. The number of hydrogen-bond donors (Lipinski definition) is 2. The number of hydrogen-bond acceptors (Lipinski definition) is 4. The second-order valence-electron chi connectivity index (χ2n) is 4.02. The fraction of sp³-hybridized carbons (Fsp3) is 0. The highest BCUT2D eigenvalue weighted by Crippen LogP contribution is 2.24. The third-order valence-corrected chi connectivity index (χ3v) is 4.44. The molecule has 21 heavy (non-hydrogen) atoms. The van der Waals surface area contributed by atoms with Gasteiger partial charge in [-0.25, -0.2) is 4.83 Å². The van der Waals surface area contributed by atoms with Gasteiger partial charge in [-0.3, -0.25) is 0 Å². The monoisotopic (exact) mass is 344 g/mol. The average Bonchev–Trinajstić information content (AvgIpc) is 2.44. The zero-order valence-electron chi connectivity index (χ0n) is 10.5. The van der Waals surface area contributed by atoms with Gasteiger partial charge in [-0.05, 0) is 48.0 Å². The molecule has 0 spiro atoms. The van der Waals surface area contributed by atoms with Crippen molar-refractivity contribution >= 4 is 39.4 Å². The minimum atomic E-state index is -3.82. The van der Waals surface area contributed by atoms with Crippen LogP contribution in [0, 0.1) is 0 Å². The Labute approximate surface area is 131 Å². The van der Waals surface area contributed by atoms with Gasteiger partial charge in [0.15, 0.2) is 0 Å². The number of phenols is 1. The van der Waals surface area contributed by atoms with Crippen LogP contribution in [0.25, 0.3) is 0 Å². The Hall–Kier alpha value is -1.76. The van der Waals surface area contributed by atoms with Crippen molar-refractivity contribution in [1.82, 2.24) is 4.83 Å². The van der Waals surface area contributed by atoms with E-state index in [9.17, 15) is 8.42 Å². The van der Waals surface area contributed by atoms with Gasteiger partial charge in [-0.1, -0.05) is 23.2 Å². The lowest BCUT2D eigenvalue weighted by Gasteiger charge is -2.04. The summed E-state index contributed by atoms with van der Waals surface area (Å²) in [6.07, 6.45) is 1.31. The standard InChI is InChI=1S/C13H10Cl2N2O3S/c14-12-6-5-11(7-13(12)15)21(19,20)17-16-8-9-1-3-10(18)4-2-9/h1-8,17-18H/b16-8+. The Bertz CT molecular complexity index is 775. The van der Waals surface area contributed by atoms with Gasteiger partial charge in [0.05, 0.1) is 21.2 Å². The van der Waals surface area contributed by atoms with Gasteiger partial charge in [0.25, 0.3) is 10.0 Å². The maximum absolute atomic E-state index is 12.0. The summed E-state index contributed by atoms with van der Waals surface area (Å²) < 4.78 is 23.9. The first-order valence-corrected chi connectivity index (χ1v) is 7.91. The van der Waals surface area contributed by atoms with Crippen molar-refractivity contribution in [3.05, 3.63) is 58.1 Å². The summed E-state index contributed by atoms with van der Waals surface area (Å²) >= 11 is 11.5. The van der Waals surface area contributed by atoms with Crippen molar-refractivity contribution in [2.75, 3.05) is 0 Å². The van der Waals surface area contributed by atoms with E-state index in [0.717, 1.165) is 0 Å². The van der Waals surface area contributed by atoms with Crippen molar-refractivity contribution in [3.63, 3.8) is 0 Å². The first-order chi connectivity index (χ1) is 9.88. The van der Waals surface area contributed by atoms with E-state index in [1.165, 1.54) is 36.5 Å². The molecule has 0 heterocycles. The Kier molecular flexibility index (Phi) is 4.72. The number of halogens is 2. The van der Waals surface area contributed by atoms with Crippen molar-refractivity contribution in [2.45, 2.75) is 4.90 Å². The maximum Gasteiger partial charge on any atom is 0.276 e. The van der Waals surface area contributed by atoms with Crippen LogP contribution in [0.4, 0.5) is 0 Å². The van der Waals surface area contributed by atoms with Crippen LogP contribution in [0.5, 0.6) is 5.75 Å². The summed E-state index contributed by atoms with van der Waals surface area (Å²) in [4.78, 5) is 2.02. The SMILES string of the molecule is O=S(=O)(N/N=C/c1ccc(O)cc1)c1ccc(Cl)c(Cl)c1. The van der Waals surface area contributed by atoms with E-state index in [1.54, 1.807) is 12.1 Å². The van der Waals surface area contributed by atoms with Gasteiger partial charge in [0.1, 0.15) is 5.75 Å². The molecule has 2 aromatic rings. The number of phenolic OH excluding ortho intramolecular Hbond substituents is 1. The second-order valence-corrected chi connectivity index (χ2v) is 6.50. The van der Waals surface area contributed by atoms with Crippen LogP contribution in [0.2, 0.25) is 10.0 Å². The van der Waals surface area contributed by atoms with E-state index in [4.69, 9.17) is 28.3 Å². The van der Waals surface area contributed by atoms with Crippen molar-refractivity contribution in [3.8, 4) is 5.75 Å². The lowest BCUT2D eigenvalue weighted by atomic mass is 10.2. The summed E-state index contributed by atoms with van der Waals surface area (Å²) in [5.74, 6) is 0.114. The van der Waals surface area contributed by atoms with Gasteiger partial charge < -0.3 is 5.11 Å². The Morgan fingerprint density at radius 2 is 1.71 bits per heavy atom. The first-order valence-electron chi connectivity index (χ1n) is 5.67. The highest BCUT2D eigenvalue weighted by molar-refractivity contribution is 7.89. The minimum absolute atomic E-state index is 0.0419. The average molecular weight is 345 g/mol. The van der Waals surface area contributed by atoms with Gasteiger partial charge in [0.2, 0.25) is 0 Å². The van der Waals surface area contributed by atoms with E-state index in [0.29, 0.717) is 5.56 Å². The molecule has 5 nitrogen and oxygen atoms in total. The predicted molar refractivity (Wildman–Crippen MR) is 82.5 cm³/mol. The number of rotatable bonds is 4. The molecule has 0 fully saturated rings. The zero-order chi connectivity index (χ0) is 15.5. The zero-order valence-corrected chi connectivity index (χ0v) is 12.8. The van der Waals surface area contributed by atoms with E-state index in [-0.39, 0.29) is 20.7 Å². The van der Waals surface area contributed by atoms with E-state index in [1.807, 2.05) is 0 Å². The lowest BCUT2D eigenvalue weighted by Crippen LogP contribution is -2.18. The quantitative estimate of drug-likeness (QED) is 0.660. The molecular weight excluding hydrogens is 335 g/mol. The van der Waals surface area contributed by atoms with Crippen molar-refractivity contribution < 1.29 is 13.5 Å². The Morgan fingerprint density at radius 3 is 2.33 bits per heavy atom. The third kappa shape index (κ3) is 4.10. The molecule has 0 bridgehead atoms. The van der Waals surface area contributed by atoms with E-state index in [2.05, 4.69) is 9.93 Å². The van der Waals surface area contributed by atoms with Crippen molar-refractivity contribution in [1.29, 1.82) is 0 Å².